The summed E-state index contributed by atoms with van der Waals surface area (Å²) in [6.07, 6.45) is 2.83. The van der Waals surface area contributed by atoms with Crippen molar-refractivity contribution in [3.63, 3.8) is 0 Å². The van der Waals surface area contributed by atoms with Crippen LogP contribution in [0.15, 0.2) is 18.3 Å². The van der Waals surface area contributed by atoms with Gasteiger partial charge in [-0.2, -0.15) is 0 Å². The van der Waals surface area contributed by atoms with Crippen LogP contribution < -0.4 is 4.74 Å². The fourth-order valence-electron chi connectivity index (χ4n) is 2.42. The Bertz CT molecular complexity index is 436. The molecule has 0 amide bonds. The van der Waals surface area contributed by atoms with Crippen molar-refractivity contribution in [3.05, 3.63) is 23.9 Å². The smallest absolute Gasteiger partial charge is 0.317 e. The van der Waals surface area contributed by atoms with E-state index in [2.05, 4.69) is 9.88 Å². The summed E-state index contributed by atoms with van der Waals surface area (Å²) in [5, 5.41) is 8.83. The summed E-state index contributed by atoms with van der Waals surface area (Å²) in [6, 6.07) is 3.88. The van der Waals surface area contributed by atoms with Gasteiger partial charge in [0.05, 0.1) is 13.7 Å². The molecule has 0 unspecified atom stereocenters. The van der Waals surface area contributed by atoms with Gasteiger partial charge in [-0.1, -0.05) is 6.07 Å². The van der Waals surface area contributed by atoms with Crippen LogP contribution in [-0.2, 0) is 11.3 Å². The lowest BCUT2D eigenvalue weighted by Gasteiger charge is -2.20. The molecular formula is C14H21N3O3. The molecular weight excluding hydrogens is 258 g/mol. The molecule has 1 aliphatic rings. The van der Waals surface area contributed by atoms with Crippen molar-refractivity contribution in [2.75, 3.05) is 39.8 Å². The highest BCUT2D eigenvalue weighted by atomic mass is 16.5. The Morgan fingerprint density at radius 3 is 2.70 bits per heavy atom. The molecule has 0 radical (unpaired) electrons. The third kappa shape index (κ3) is 4.47. The lowest BCUT2D eigenvalue weighted by Crippen LogP contribution is -2.34. The molecule has 0 saturated carbocycles. The molecule has 1 aromatic rings. The van der Waals surface area contributed by atoms with E-state index in [1.807, 2.05) is 23.2 Å². The molecule has 0 aliphatic carbocycles. The van der Waals surface area contributed by atoms with E-state index in [4.69, 9.17) is 9.84 Å². The van der Waals surface area contributed by atoms with Gasteiger partial charge in [-0.3, -0.25) is 14.6 Å². The maximum Gasteiger partial charge on any atom is 0.317 e. The minimum atomic E-state index is -0.752. The van der Waals surface area contributed by atoms with Gasteiger partial charge in [0.2, 0.25) is 5.88 Å². The number of hydrogen-bond donors (Lipinski definition) is 1. The second-order valence-electron chi connectivity index (χ2n) is 5.01. The van der Waals surface area contributed by atoms with Crippen LogP contribution in [0.5, 0.6) is 5.88 Å². The summed E-state index contributed by atoms with van der Waals surface area (Å²) in [6.45, 7) is 4.51. The topological polar surface area (TPSA) is 65.9 Å². The molecule has 2 heterocycles. The fourth-order valence-corrected chi connectivity index (χ4v) is 2.42. The lowest BCUT2D eigenvalue weighted by molar-refractivity contribution is -0.138. The van der Waals surface area contributed by atoms with Crippen LogP contribution in [0, 0.1) is 0 Å². The molecule has 0 bridgehead atoms. The van der Waals surface area contributed by atoms with Crippen LogP contribution >= 0.6 is 0 Å². The number of pyridine rings is 1. The van der Waals surface area contributed by atoms with E-state index in [0.717, 1.165) is 44.7 Å². The Balaban J connectivity index is 1.85. The number of ether oxygens (including phenoxy) is 1. The summed E-state index contributed by atoms with van der Waals surface area (Å²) < 4.78 is 5.04. The molecule has 1 aliphatic heterocycles. The molecule has 6 nitrogen and oxygen atoms in total. The second kappa shape index (κ2) is 7.21. The van der Waals surface area contributed by atoms with Crippen LogP contribution in [0.4, 0.5) is 0 Å². The zero-order chi connectivity index (χ0) is 14.4. The van der Waals surface area contributed by atoms with Crippen molar-refractivity contribution < 1.29 is 14.6 Å². The predicted octanol–water partition coefficient (Wildman–Crippen LogP) is 0.683. The first kappa shape index (κ1) is 14.7. The average molecular weight is 279 g/mol. The van der Waals surface area contributed by atoms with Crippen molar-refractivity contribution in [1.82, 2.24) is 14.8 Å². The Kier molecular flexibility index (Phi) is 5.31. The number of carbonyl (C=O) groups is 1. The first-order valence-corrected chi connectivity index (χ1v) is 6.83. The van der Waals surface area contributed by atoms with Crippen LogP contribution in [0.1, 0.15) is 12.0 Å². The van der Waals surface area contributed by atoms with Crippen LogP contribution in [0.25, 0.3) is 0 Å². The Morgan fingerprint density at radius 2 is 2.05 bits per heavy atom. The molecule has 1 fully saturated rings. The van der Waals surface area contributed by atoms with E-state index in [-0.39, 0.29) is 6.54 Å². The first-order valence-electron chi connectivity index (χ1n) is 6.83. The van der Waals surface area contributed by atoms with Crippen molar-refractivity contribution in [1.29, 1.82) is 0 Å². The van der Waals surface area contributed by atoms with Crippen molar-refractivity contribution >= 4 is 5.97 Å². The third-order valence-electron chi connectivity index (χ3n) is 3.45. The minimum absolute atomic E-state index is 0.137. The van der Waals surface area contributed by atoms with Crippen molar-refractivity contribution in [2.24, 2.45) is 0 Å². The van der Waals surface area contributed by atoms with Gasteiger partial charge in [0.15, 0.2) is 0 Å². The van der Waals surface area contributed by atoms with E-state index in [1.54, 1.807) is 7.11 Å². The minimum Gasteiger partial charge on any atom is -0.481 e. The molecule has 0 aromatic carbocycles. The highest BCUT2D eigenvalue weighted by molar-refractivity contribution is 5.69. The van der Waals surface area contributed by atoms with Gasteiger partial charge in [0.25, 0.3) is 0 Å². The van der Waals surface area contributed by atoms with Gasteiger partial charge >= 0.3 is 5.97 Å². The van der Waals surface area contributed by atoms with Crippen molar-refractivity contribution in [2.45, 2.75) is 13.0 Å². The van der Waals surface area contributed by atoms with Crippen LogP contribution in [-0.4, -0.2) is 65.7 Å². The number of methoxy groups -OCH3 is 1. The molecule has 1 saturated heterocycles. The standard InChI is InChI=1S/C14H21N3O3/c1-20-13-4-3-12(9-15-13)10-16-5-2-6-17(8-7-16)11-14(18)19/h3-4,9H,2,5-8,10-11H2,1H3,(H,18,19). The van der Waals surface area contributed by atoms with Gasteiger partial charge in [-0.25, -0.2) is 4.98 Å². The van der Waals surface area contributed by atoms with Crippen LogP contribution in [0.2, 0.25) is 0 Å². The lowest BCUT2D eigenvalue weighted by atomic mass is 10.2. The molecule has 6 heteroatoms. The molecule has 1 N–H and O–H groups in total. The number of carboxylic acid groups (broad SMARTS) is 1. The number of rotatable bonds is 5. The highest BCUT2D eigenvalue weighted by Gasteiger charge is 2.16. The summed E-state index contributed by atoms with van der Waals surface area (Å²) in [7, 11) is 1.61. The highest BCUT2D eigenvalue weighted by Crippen LogP contribution is 2.11. The summed E-state index contributed by atoms with van der Waals surface area (Å²) in [5.41, 5.74) is 1.15. The van der Waals surface area contributed by atoms with Gasteiger partial charge in [0.1, 0.15) is 0 Å². The number of aliphatic carboxylic acids is 1. The number of nitrogens with zero attached hydrogens (tertiary/aromatic N) is 3. The summed E-state index contributed by atoms with van der Waals surface area (Å²) >= 11 is 0. The van der Waals surface area contributed by atoms with E-state index in [9.17, 15) is 4.79 Å². The SMILES string of the molecule is COc1ccc(CN2CCCN(CC(=O)O)CC2)cn1. The molecule has 0 spiro atoms. The zero-order valence-corrected chi connectivity index (χ0v) is 11.8. The maximum absolute atomic E-state index is 10.7. The van der Waals surface area contributed by atoms with Gasteiger partial charge in [0, 0.05) is 38.4 Å². The second-order valence-corrected chi connectivity index (χ2v) is 5.01. The number of hydrogen-bond acceptors (Lipinski definition) is 5. The van der Waals surface area contributed by atoms with E-state index >= 15 is 0 Å². The third-order valence-corrected chi connectivity index (χ3v) is 3.45. The summed E-state index contributed by atoms with van der Waals surface area (Å²) in [4.78, 5) is 19.3. The quantitative estimate of drug-likeness (QED) is 0.855. The van der Waals surface area contributed by atoms with E-state index < -0.39 is 5.97 Å². The summed E-state index contributed by atoms with van der Waals surface area (Å²) in [5.74, 6) is -0.130. The number of aromatic nitrogens is 1. The Labute approximate surface area is 119 Å². The van der Waals surface area contributed by atoms with Crippen LogP contribution in [0.3, 0.4) is 0 Å². The molecule has 20 heavy (non-hydrogen) atoms. The fraction of sp³-hybridized carbons (Fsp3) is 0.571. The molecule has 2 rings (SSSR count). The molecule has 1 aromatic heterocycles. The van der Waals surface area contributed by atoms with Crippen molar-refractivity contribution in [3.8, 4) is 5.88 Å². The average Bonchev–Trinajstić information content (AvgIpc) is 2.65. The first-order chi connectivity index (χ1) is 9.67. The Morgan fingerprint density at radius 1 is 1.30 bits per heavy atom. The number of carboxylic acids is 1. The zero-order valence-electron chi connectivity index (χ0n) is 11.8. The van der Waals surface area contributed by atoms with Gasteiger partial charge in [-0.15, -0.1) is 0 Å². The van der Waals surface area contributed by atoms with Gasteiger partial charge < -0.3 is 9.84 Å². The molecule has 110 valence electrons. The van der Waals surface area contributed by atoms with E-state index in [0.29, 0.717) is 5.88 Å². The normalized spacial score (nSPS) is 17.6. The van der Waals surface area contributed by atoms with E-state index in [1.165, 1.54) is 0 Å². The van der Waals surface area contributed by atoms with Gasteiger partial charge in [-0.05, 0) is 18.5 Å². The maximum atomic E-state index is 10.7. The largest absolute Gasteiger partial charge is 0.481 e. The predicted molar refractivity (Wildman–Crippen MR) is 74.8 cm³/mol. The Hall–Kier alpha value is -1.66. The molecule has 0 atom stereocenters. The monoisotopic (exact) mass is 279 g/mol.